The molecule has 0 N–H and O–H groups in total. The molecule has 256 valence electrons. The van der Waals surface area contributed by atoms with E-state index in [0.717, 1.165) is 18.4 Å². The Labute approximate surface area is 284 Å². The van der Waals surface area contributed by atoms with E-state index in [0.29, 0.717) is 61.3 Å². The van der Waals surface area contributed by atoms with E-state index in [1.54, 1.807) is 42.5 Å². The van der Waals surface area contributed by atoms with Crippen LogP contribution in [0.2, 0.25) is 0 Å². The molecule has 1 aliphatic rings. The number of rotatable bonds is 14. The van der Waals surface area contributed by atoms with Crippen molar-refractivity contribution < 1.29 is 27.5 Å². The molecule has 0 spiro atoms. The van der Waals surface area contributed by atoms with Crippen molar-refractivity contribution in [1.82, 2.24) is 9.47 Å². The molecular weight excluding hydrogens is 628 g/mol. The third-order valence-corrected chi connectivity index (χ3v) is 9.52. The number of nitriles is 1. The van der Waals surface area contributed by atoms with Crippen LogP contribution in [0.3, 0.4) is 0 Å². The predicted molar refractivity (Wildman–Crippen MR) is 183 cm³/mol. The van der Waals surface area contributed by atoms with Crippen molar-refractivity contribution in [2.24, 2.45) is 16.2 Å². The van der Waals surface area contributed by atoms with Crippen LogP contribution in [0.4, 0.5) is 0 Å². The average Bonchev–Trinajstić information content (AvgIpc) is 3.07. The normalized spacial score (nSPS) is 15.0. The highest BCUT2D eigenvalue weighted by molar-refractivity contribution is 7.90. The van der Waals surface area contributed by atoms with Crippen LogP contribution >= 0.6 is 0 Å². The first-order valence-corrected chi connectivity index (χ1v) is 18.0. The van der Waals surface area contributed by atoms with Crippen molar-refractivity contribution in [3.63, 3.8) is 0 Å². The number of pyridine rings is 1. The third kappa shape index (κ3) is 9.95. The van der Waals surface area contributed by atoms with E-state index < -0.39 is 22.4 Å². The Morgan fingerprint density at radius 2 is 1.50 bits per heavy atom. The van der Waals surface area contributed by atoms with Gasteiger partial charge in [0, 0.05) is 31.3 Å². The van der Waals surface area contributed by atoms with Gasteiger partial charge in [0.1, 0.15) is 11.5 Å². The number of ether oxygens (including phenoxy) is 2. The van der Waals surface area contributed by atoms with Crippen LogP contribution < -0.4 is 5.49 Å². The molecule has 1 unspecified atom stereocenters. The van der Waals surface area contributed by atoms with Gasteiger partial charge in [-0.1, -0.05) is 57.5 Å². The number of hydrogen-bond acceptors (Lipinski definition) is 7. The highest BCUT2D eigenvalue weighted by Crippen LogP contribution is 2.24. The highest BCUT2D eigenvalue weighted by atomic mass is 32.2. The Bertz CT molecular complexity index is 1760. The summed E-state index contributed by atoms with van der Waals surface area (Å²) < 4.78 is 44.5. The van der Waals surface area contributed by atoms with E-state index in [1.165, 1.54) is 29.0 Å². The molecule has 1 atom stereocenters. The zero-order valence-electron chi connectivity index (χ0n) is 28.5. The summed E-state index contributed by atoms with van der Waals surface area (Å²) in [7, 11) is -4.21. The number of aryl methyl sites for hydroxylation is 1. The molecule has 48 heavy (non-hydrogen) atoms. The fraction of sp³-hybridized carbons (Fsp3) is 0.459. The molecule has 1 amide bonds. The summed E-state index contributed by atoms with van der Waals surface area (Å²) in [5, 5.41) is 9.31. The molecule has 1 aliphatic heterocycles. The highest BCUT2D eigenvalue weighted by Gasteiger charge is 2.30. The van der Waals surface area contributed by atoms with Crippen molar-refractivity contribution in [1.29, 1.82) is 5.26 Å². The lowest BCUT2D eigenvalue weighted by atomic mass is 9.99. The molecule has 0 saturated carbocycles. The van der Waals surface area contributed by atoms with Crippen molar-refractivity contribution in [3.05, 3.63) is 94.6 Å². The van der Waals surface area contributed by atoms with E-state index in [-0.39, 0.29) is 28.5 Å². The zero-order chi connectivity index (χ0) is 34.8. The second kappa shape index (κ2) is 16.8. The van der Waals surface area contributed by atoms with Crippen LogP contribution in [0.15, 0.2) is 76.2 Å². The van der Waals surface area contributed by atoms with Gasteiger partial charge in [-0.05, 0) is 74.4 Å². The number of Topliss-reactive ketones (excluding diaryl/α,β-unsaturated/α-hetero) is 1. The summed E-state index contributed by atoms with van der Waals surface area (Å²) in [6, 6.07) is 16.6. The largest absolute Gasteiger partial charge is 0.352 e. The molecule has 2 heterocycles. The van der Waals surface area contributed by atoms with Gasteiger partial charge in [0.15, 0.2) is 12.1 Å². The first-order chi connectivity index (χ1) is 22.9. The summed E-state index contributed by atoms with van der Waals surface area (Å²) in [5.41, 5.74) is 1.88. The van der Waals surface area contributed by atoms with Crippen LogP contribution in [0, 0.1) is 30.1 Å². The number of carbonyl (C=O) groups is 2. The number of benzene rings is 2. The minimum Gasteiger partial charge on any atom is -0.352 e. The van der Waals surface area contributed by atoms with Crippen molar-refractivity contribution in [2.45, 2.75) is 77.5 Å². The summed E-state index contributed by atoms with van der Waals surface area (Å²) in [4.78, 5) is 30.2. The topological polar surface area (TPSA) is 131 Å². The Morgan fingerprint density at radius 1 is 0.917 bits per heavy atom. The van der Waals surface area contributed by atoms with E-state index in [1.807, 2.05) is 11.8 Å². The molecule has 0 aliphatic carbocycles. The van der Waals surface area contributed by atoms with Crippen LogP contribution in [0.1, 0.15) is 91.3 Å². The number of aromatic nitrogens is 1. The van der Waals surface area contributed by atoms with Gasteiger partial charge in [-0.25, -0.2) is 0 Å². The van der Waals surface area contributed by atoms with Crippen LogP contribution in [-0.4, -0.2) is 62.2 Å². The van der Waals surface area contributed by atoms with Gasteiger partial charge < -0.3 is 18.9 Å². The van der Waals surface area contributed by atoms with Gasteiger partial charge in [-0.2, -0.15) is 13.7 Å². The summed E-state index contributed by atoms with van der Waals surface area (Å²) >= 11 is 0. The average molecular weight is 675 g/mol. The number of ketones is 1. The summed E-state index contributed by atoms with van der Waals surface area (Å²) in [5.74, 6) is 0.199. The minimum absolute atomic E-state index is 0.00210. The van der Waals surface area contributed by atoms with Gasteiger partial charge >= 0.3 is 0 Å². The molecule has 2 aromatic carbocycles. The number of nitrogens with zero attached hydrogens (tertiary/aromatic N) is 4. The van der Waals surface area contributed by atoms with Gasteiger partial charge in [-0.15, -0.1) is 4.40 Å². The maximum Gasteiger partial charge on any atom is 0.284 e. The molecule has 10 nitrogen and oxygen atoms in total. The quantitative estimate of drug-likeness (QED) is 0.190. The predicted octanol–water partition coefficient (Wildman–Crippen LogP) is 6.07. The Morgan fingerprint density at radius 3 is 2.06 bits per heavy atom. The first kappa shape index (κ1) is 36.7. The molecule has 4 rings (SSSR count). The number of amides is 1. The summed E-state index contributed by atoms with van der Waals surface area (Å²) in [6.07, 6.45) is 3.18. The van der Waals surface area contributed by atoms with Gasteiger partial charge in [0.05, 0.1) is 35.3 Å². The van der Waals surface area contributed by atoms with Crippen molar-refractivity contribution in [3.8, 4) is 6.07 Å². The number of sulfonamides is 1. The lowest BCUT2D eigenvalue weighted by Crippen LogP contribution is -2.38. The van der Waals surface area contributed by atoms with Gasteiger partial charge in [-0.3, -0.25) is 9.59 Å². The second-order valence-electron chi connectivity index (χ2n) is 13.0. The maximum absolute atomic E-state index is 14.3. The fourth-order valence-electron chi connectivity index (χ4n) is 5.28. The Balaban J connectivity index is 1.89. The fourth-order valence-corrected chi connectivity index (χ4v) is 6.26. The molecule has 0 bridgehead atoms. The summed E-state index contributed by atoms with van der Waals surface area (Å²) in [6.45, 7) is 12.3. The Kier molecular flexibility index (Phi) is 12.9. The van der Waals surface area contributed by atoms with Crippen molar-refractivity contribution >= 4 is 21.7 Å². The van der Waals surface area contributed by atoms with Crippen LogP contribution in [-0.2, 0) is 19.5 Å². The number of hydrogen-bond donors (Lipinski definition) is 0. The van der Waals surface area contributed by atoms with Crippen LogP contribution in [0.25, 0.3) is 0 Å². The molecule has 1 fully saturated rings. The SMILES string of the molecule is Cc1ccc(S(=O)(=O)/N=c2\ccc(C(=O)N(CCC(C)C)CCC(C)C)cn2C(CC2OCCCO2)C(=O)c2ccc(C#N)cc2)cc1. The molecule has 1 saturated heterocycles. The molecule has 11 heteroatoms. The molecular formula is C37H46N4O6S. The van der Waals surface area contributed by atoms with Crippen LogP contribution in [0.5, 0.6) is 0 Å². The molecule has 0 radical (unpaired) electrons. The van der Waals surface area contributed by atoms with E-state index in [2.05, 4.69) is 38.2 Å². The maximum atomic E-state index is 14.3. The number of carbonyl (C=O) groups excluding carboxylic acids is 2. The minimum atomic E-state index is -4.21. The Hall–Kier alpha value is -4.11. The smallest absolute Gasteiger partial charge is 0.284 e. The third-order valence-electron chi connectivity index (χ3n) is 8.22. The van der Waals surface area contributed by atoms with Gasteiger partial charge in [0.25, 0.3) is 15.9 Å². The lowest BCUT2D eigenvalue weighted by molar-refractivity contribution is -0.184. The second-order valence-corrected chi connectivity index (χ2v) is 14.7. The van der Waals surface area contributed by atoms with E-state index >= 15 is 0 Å². The van der Waals surface area contributed by atoms with Gasteiger partial charge in [0.2, 0.25) is 0 Å². The molecule has 1 aromatic heterocycles. The molecule has 3 aromatic rings. The lowest BCUT2D eigenvalue weighted by Gasteiger charge is -2.29. The van der Waals surface area contributed by atoms with E-state index in [9.17, 15) is 23.3 Å². The standard InChI is InChI=1S/C37H46N4O6S/c1-26(2)17-19-40(20-18-27(3)4)37(43)31-13-16-34(39-48(44,45)32-14-7-28(5)8-15-32)41(25-31)33(23-35-46-21-6-22-47-35)36(42)30-11-9-29(24-38)10-12-30/h7-16,25-27,33,35H,6,17-23H2,1-5H3/b39-34+. The monoisotopic (exact) mass is 674 g/mol. The van der Waals surface area contributed by atoms with Crippen molar-refractivity contribution in [2.75, 3.05) is 26.3 Å². The first-order valence-electron chi connectivity index (χ1n) is 16.5. The van der Waals surface area contributed by atoms with E-state index in [4.69, 9.17) is 9.47 Å². The zero-order valence-corrected chi connectivity index (χ0v) is 29.3.